The molecule has 0 bridgehead atoms. The van der Waals surface area contributed by atoms with Crippen molar-refractivity contribution in [2.75, 3.05) is 0 Å². The van der Waals surface area contributed by atoms with E-state index in [0.717, 1.165) is 10.0 Å². The number of benzene rings is 2. The maximum atomic E-state index is 5.80. The van der Waals surface area contributed by atoms with E-state index in [4.69, 9.17) is 9.15 Å². The standard InChI is InChI=1S/C14H10BrNO2S/c15-10-6-7-11(12-13(10)18-14(19)16-12)17-8-9-4-2-1-3-5-9/h1-7H,8H2,(H,16,19). The van der Waals surface area contributed by atoms with Gasteiger partial charge in [-0.3, -0.25) is 0 Å². The maximum absolute atomic E-state index is 5.80. The van der Waals surface area contributed by atoms with Crippen molar-refractivity contribution in [1.82, 2.24) is 4.98 Å². The molecular formula is C14H10BrNO2S. The average Bonchev–Trinajstić information content (AvgIpc) is 2.82. The van der Waals surface area contributed by atoms with Gasteiger partial charge >= 0.3 is 0 Å². The first kappa shape index (κ1) is 12.6. The Bertz CT molecular complexity index is 712. The fourth-order valence-corrected chi connectivity index (χ4v) is 2.39. The van der Waals surface area contributed by atoms with E-state index in [0.29, 0.717) is 28.7 Å². The van der Waals surface area contributed by atoms with Crippen molar-refractivity contribution in [3.63, 3.8) is 0 Å². The molecule has 3 nitrogen and oxygen atoms in total. The van der Waals surface area contributed by atoms with Gasteiger partial charge in [0.1, 0.15) is 12.4 Å². The molecule has 0 amide bonds. The largest absolute Gasteiger partial charge is 0.486 e. The molecule has 96 valence electrons. The summed E-state index contributed by atoms with van der Waals surface area (Å²) in [6.45, 7) is 0.492. The second-order valence-electron chi connectivity index (χ2n) is 3.99. The van der Waals surface area contributed by atoms with Crippen molar-refractivity contribution >= 4 is 39.7 Å². The van der Waals surface area contributed by atoms with E-state index < -0.39 is 0 Å². The van der Waals surface area contributed by atoms with Crippen LogP contribution >= 0.6 is 28.6 Å². The zero-order valence-electron chi connectivity index (χ0n) is 9.84. The van der Waals surface area contributed by atoms with E-state index in [1.165, 1.54) is 0 Å². The van der Waals surface area contributed by atoms with Crippen molar-refractivity contribution in [1.29, 1.82) is 0 Å². The number of aromatic nitrogens is 1. The predicted molar refractivity (Wildman–Crippen MR) is 79.7 cm³/mol. The number of nitrogens with zero attached hydrogens (tertiary/aromatic N) is 1. The van der Waals surface area contributed by atoms with Crippen molar-refractivity contribution in [2.24, 2.45) is 0 Å². The number of hydrogen-bond donors (Lipinski definition) is 1. The molecule has 19 heavy (non-hydrogen) atoms. The molecule has 0 aliphatic carbocycles. The predicted octanol–water partition coefficient (Wildman–Crippen LogP) is 4.46. The molecule has 0 atom stereocenters. The fourth-order valence-electron chi connectivity index (χ4n) is 1.79. The van der Waals surface area contributed by atoms with Gasteiger partial charge in [0, 0.05) is 0 Å². The van der Waals surface area contributed by atoms with Crippen LogP contribution in [0.25, 0.3) is 11.1 Å². The number of fused-ring (bicyclic) bond motifs is 1. The average molecular weight is 336 g/mol. The molecule has 0 spiro atoms. The Balaban J connectivity index is 1.91. The Morgan fingerprint density at radius 3 is 2.74 bits per heavy atom. The Labute approximate surface area is 124 Å². The topological polar surface area (TPSA) is 35.3 Å². The van der Waals surface area contributed by atoms with Crippen LogP contribution in [-0.4, -0.2) is 4.98 Å². The first-order valence-corrected chi connectivity index (χ1v) is 6.93. The van der Waals surface area contributed by atoms with Gasteiger partial charge in [-0.2, -0.15) is 4.98 Å². The van der Waals surface area contributed by atoms with Gasteiger partial charge in [-0.15, -0.1) is 0 Å². The van der Waals surface area contributed by atoms with Crippen molar-refractivity contribution in [3.05, 3.63) is 52.5 Å². The highest BCUT2D eigenvalue weighted by Crippen LogP contribution is 2.33. The van der Waals surface area contributed by atoms with Gasteiger partial charge in [0.25, 0.3) is 5.22 Å². The number of ether oxygens (including phenoxy) is 1. The number of thiol groups is 1. The summed E-state index contributed by atoms with van der Waals surface area (Å²) >= 11 is 7.54. The third-order valence-electron chi connectivity index (χ3n) is 2.68. The molecule has 0 aliphatic heterocycles. The summed E-state index contributed by atoms with van der Waals surface area (Å²) in [5, 5.41) is 0.325. The van der Waals surface area contributed by atoms with Gasteiger partial charge in [-0.05, 0) is 33.6 Å². The lowest BCUT2D eigenvalue weighted by Gasteiger charge is -2.06. The van der Waals surface area contributed by atoms with Crippen LogP contribution in [0.15, 0.2) is 56.6 Å². The Morgan fingerprint density at radius 2 is 1.95 bits per heavy atom. The molecule has 0 unspecified atom stereocenters. The lowest BCUT2D eigenvalue weighted by atomic mass is 10.2. The summed E-state index contributed by atoms with van der Waals surface area (Å²) in [4.78, 5) is 4.23. The van der Waals surface area contributed by atoms with Crippen molar-refractivity contribution in [3.8, 4) is 5.75 Å². The van der Waals surface area contributed by atoms with Gasteiger partial charge < -0.3 is 9.15 Å². The number of oxazole rings is 1. The SMILES string of the molecule is Sc1nc2c(OCc3ccccc3)ccc(Br)c2o1. The number of hydrogen-bond acceptors (Lipinski definition) is 4. The van der Waals surface area contributed by atoms with Gasteiger partial charge in [0.15, 0.2) is 11.1 Å². The minimum atomic E-state index is 0.325. The molecule has 0 fully saturated rings. The molecule has 2 aromatic carbocycles. The fraction of sp³-hybridized carbons (Fsp3) is 0.0714. The molecule has 3 rings (SSSR count). The van der Waals surface area contributed by atoms with E-state index in [1.54, 1.807) is 0 Å². The van der Waals surface area contributed by atoms with E-state index >= 15 is 0 Å². The summed E-state index contributed by atoms with van der Waals surface area (Å²) < 4.78 is 12.0. The Morgan fingerprint density at radius 1 is 1.16 bits per heavy atom. The summed E-state index contributed by atoms with van der Waals surface area (Å²) in [6, 6.07) is 13.7. The molecule has 0 radical (unpaired) electrons. The van der Waals surface area contributed by atoms with E-state index in [1.807, 2.05) is 42.5 Å². The van der Waals surface area contributed by atoms with Gasteiger partial charge in [0.05, 0.1) is 4.47 Å². The van der Waals surface area contributed by atoms with Crippen LogP contribution in [0.3, 0.4) is 0 Å². The molecule has 1 aromatic heterocycles. The van der Waals surface area contributed by atoms with E-state index in [9.17, 15) is 0 Å². The molecule has 0 N–H and O–H groups in total. The minimum Gasteiger partial charge on any atom is -0.486 e. The number of halogens is 1. The molecule has 0 saturated carbocycles. The normalized spacial score (nSPS) is 10.8. The zero-order valence-corrected chi connectivity index (χ0v) is 12.3. The monoisotopic (exact) mass is 335 g/mol. The molecule has 5 heteroatoms. The highest BCUT2D eigenvalue weighted by atomic mass is 79.9. The highest BCUT2D eigenvalue weighted by Gasteiger charge is 2.12. The minimum absolute atomic E-state index is 0.325. The van der Waals surface area contributed by atoms with Gasteiger partial charge in [-0.25, -0.2) is 0 Å². The first-order chi connectivity index (χ1) is 9.24. The van der Waals surface area contributed by atoms with Crippen molar-refractivity contribution < 1.29 is 9.15 Å². The van der Waals surface area contributed by atoms with Crippen LogP contribution in [0.5, 0.6) is 5.75 Å². The van der Waals surface area contributed by atoms with Crippen LogP contribution in [0.1, 0.15) is 5.56 Å². The summed E-state index contributed by atoms with van der Waals surface area (Å²) in [5.41, 5.74) is 2.43. The zero-order chi connectivity index (χ0) is 13.2. The van der Waals surface area contributed by atoms with Crippen molar-refractivity contribution in [2.45, 2.75) is 11.8 Å². The van der Waals surface area contributed by atoms with Gasteiger partial charge in [0.2, 0.25) is 0 Å². The Hall–Kier alpha value is -1.46. The maximum Gasteiger partial charge on any atom is 0.253 e. The smallest absolute Gasteiger partial charge is 0.253 e. The molecule has 0 aliphatic rings. The van der Waals surface area contributed by atoms with Crippen LogP contribution in [0.2, 0.25) is 0 Å². The van der Waals surface area contributed by atoms with Crippen LogP contribution in [0.4, 0.5) is 0 Å². The van der Waals surface area contributed by atoms with Crippen LogP contribution < -0.4 is 4.74 Å². The number of rotatable bonds is 3. The van der Waals surface area contributed by atoms with E-state index in [-0.39, 0.29) is 0 Å². The Kier molecular flexibility index (Phi) is 3.48. The van der Waals surface area contributed by atoms with Crippen LogP contribution in [-0.2, 0) is 6.61 Å². The summed E-state index contributed by atoms with van der Waals surface area (Å²) in [6.07, 6.45) is 0. The van der Waals surface area contributed by atoms with Gasteiger partial charge in [-0.1, -0.05) is 43.0 Å². The molecule has 3 aromatic rings. The highest BCUT2D eigenvalue weighted by molar-refractivity contribution is 9.10. The summed E-state index contributed by atoms with van der Waals surface area (Å²) in [5.74, 6) is 0.686. The summed E-state index contributed by atoms with van der Waals surface area (Å²) in [7, 11) is 0. The molecule has 1 heterocycles. The first-order valence-electron chi connectivity index (χ1n) is 5.69. The lowest BCUT2D eigenvalue weighted by molar-refractivity contribution is 0.309. The third kappa shape index (κ3) is 2.62. The molecule has 0 saturated heterocycles. The second-order valence-corrected chi connectivity index (χ2v) is 5.23. The molecular weight excluding hydrogens is 326 g/mol. The third-order valence-corrected chi connectivity index (χ3v) is 3.50. The van der Waals surface area contributed by atoms with E-state index in [2.05, 4.69) is 33.5 Å². The quantitative estimate of drug-likeness (QED) is 0.718. The lowest BCUT2D eigenvalue weighted by Crippen LogP contribution is -1.95. The second kappa shape index (κ2) is 5.27. The van der Waals surface area contributed by atoms with Crippen LogP contribution in [0, 0.1) is 0 Å².